The van der Waals surface area contributed by atoms with Crippen LogP contribution in [-0.4, -0.2) is 14.2 Å². The van der Waals surface area contributed by atoms with Gasteiger partial charge in [-0.25, -0.2) is 0 Å². The van der Waals surface area contributed by atoms with E-state index < -0.39 is 0 Å². The molecule has 104 valence electrons. The summed E-state index contributed by atoms with van der Waals surface area (Å²) in [7, 11) is 3.34. The Kier molecular flexibility index (Phi) is 3.38. The van der Waals surface area contributed by atoms with E-state index in [0.717, 1.165) is 23.3 Å². The van der Waals surface area contributed by atoms with Crippen molar-refractivity contribution in [2.45, 2.75) is 31.6 Å². The van der Waals surface area contributed by atoms with E-state index in [2.05, 4.69) is 13.0 Å². The van der Waals surface area contributed by atoms with Crippen LogP contribution in [0.4, 0.5) is 0 Å². The van der Waals surface area contributed by atoms with E-state index in [0.29, 0.717) is 5.92 Å². The first-order valence-corrected chi connectivity index (χ1v) is 7.44. The fraction of sp³-hybridized carbons (Fsp3) is 0.625. The zero-order valence-corrected chi connectivity index (χ0v) is 12.5. The summed E-state index contributed by atoms with van der Waals surface area (Å²) in [6, 6.07) is 4.08. The van der Waals surface area contributed by atoms with Crippen LogP contribution in [0.3, 0.4) is 0 Å². The lowest BCUT2D eigenvalue weighted by atomic mass is 9.91. The van der Waals surface area contributed by atoms with Crippen LogP contribution in [0.15, 0.2) is 12.1 Å². The van der Waals surface area contributed by atoms with Crippen LogP contribution < -0.4 is 9.47 Å². The highest BCUT2D eigenvalue weighted by atomic mass is 35.5. The lowest BCUT2D eigenvalue weighted by Crippen LogP contribution is -2.08. The summed E-state index contributed by atoms with van der Waals surface area (Å²) in [6.45, 7) is 2.10. The molecule has 0 saturated heterocycles. The van der Waals surface area contributed by atoms with E-state index in [1.54, 1.807) is 14.2 Å². The van der Waals surface area contributed by atoms with Crippen molar-refractivity contribution in [1.82, 2.24) is 0 Å². The normalized spacial score (nSPS) is 29.8. The topological polar surface area (TPSA) is 18.5 Å². The number of methoxy groups -OCH3 is 2. The fourth-order valence-electron chi connectivity index (χ4n) is 3.55. The third kappa shape index (κ3) is 2.31. The van der Waals surface area contributed by atoms with E-state index >= 15 is 0 Å². The van der Waals surface area contributed by atoms with Crippen molar-refractivity contribution in [3.8, 4) is 11.5 Å². The lowest BCUT2D eigenvalue weighted by molar-refractivity contribution is 0.353. The van der Waals surface area contributed by atoms with Gasteiger partial charge >= 0.3 is 0 Å². The molecule has 1 aromatic carbocycles. The van der Waals surface area contributed by atoms with E-state index in [1.807, 2.05) is 6.07 Å². The van der Waals surface area contributed by atoms with Crippen LogP contribution in [0.1, 0.15) is 35.8 Å². The van der Waals surface area contributed by atoms with Gasteiger partial charge in [-0.05, 0) is 67.2 Å². The number of rotatable bonds is 4. The molecule has 0 aromatic heterocycles. The zero-order valence-electron chi connectivity index (χ0n) is 11.8. The Labute approximate surface area is 120 Å². The summed E-state index contributed by atoms with van der Waals surface area (Å²) in [5.74, 6) is 4.11. The summed E-state index contributed by atoms with van der Waals surface area (Å²) < 4.78 is 10.7. The molecule has 0 amide bonds. The smallest absolute Gasteiger partial charge is 0.161 e. The van der Waals surface area contributed by atoms with E-state index in [-0.39, 0.29) is 5.38 Å². The lowest BCUT2D eigenvalue weighted by Gasteiger charge is -2.22. The third-order valence-electron chi connectivity index (χ3n) is 4.76. The number of alkyl halides is 1. The maximum absolute atomic E-state index is 6.73. The van der Waals surface area contributed by atoms with Gasteiger partial charge in [0.25, 0.3) is 0 Å². The van der Waals surface area contributed by atoms with Crippen molar-refractivity contribution in [2.75, 3.05) is 14.2 Å². The number of benzene rings is 1. The molecule has 3 rings (SSSR count). The molecular formula is C16H21ClO2. The highest BCUT2D eigenvalue weighted by Gasteiger charge is 2.48. The molecule has 0 bridgehead atoms. The molecular weight excluding hydrogens is 260 g/mol. The number of ether oxygens (including phenoxy) is 2. The van der Waals surface area contributed by atoms with Crippen molar-refractivity contribution in [1.29, 1.82) is 0 Å². The van der Waals surface area contributed by atoms with Gasteiger partial charge in [0.05, 0.1) is 19.6 Å². The molecule has 0 spiro atoms. The molecule has 3 heteroatoms. The fourth-order valence-corrected chi connectivity index (χ4v) is 3.99. The molecule has 1 aromatic rings. The predicted octanol–water partition coefficient (Wildman–Crippen LogP) is 4.34. The number of halogens is 1. The molecule has 2 aliphatic carbocycles. The van der Waals surface area contributed by atoms with Gasteiger partial charge < -0.3 is 9.47 Å². The highest BCUT2D eigenvalue weighted by Crippen LogP contribution is 2.58. The maximum Gasteiger partial charge on any atom is 0.161 e. The Hall–Kier alpha value is -0.890. The molecule has 2 fully saturated rings. The summed E-state index contributed by atoms with van der Waals surface area (Å²) in [5, 5.41) is 0.104. The summed E-state index contributed by atoms with van der Waals surface area (Å²) in [5.41, 5.74) is 2.39. The number of fused-ring (bicyclic) bond motifs is 1. The van der Waals surface area contributed by atoms with Gasteiger partial charge in [0.1, 0.15) is 0 Å². The summed E-state index contributed by atoms with van der Waals surface area (Å²) in [4.78, 5) is 0. The quantitative estimate of drug-likeness (QED) is 0.764. The Morgan fingerprint density at radius 2 is 1.63 bits per heavy atom. The first-order chi connectivity index (χ1) is 9.13. The van der Waals surface area contributed by atoms with Crippen LogP contribution in [0, 0.1) is 24.7 Å². The van der Waals surface area contributed by atoms with Crippen LogP contribution >= 0.6 is 11.6 Å². The highest BCUT2D eigenvalue weighted by molar-refractivity contribution is 6.21. The van der Waals surface area contributed by atoms with Crippen LogP contribution in [-0.2, 0) is 0 Å². The Bertz CT molecular complexity index is 476. The Morgan fingerprint density at radius 1 is 1.05 bits per heavy atom. The zero-order chi connectivity index (χ0) is 13.6. The predicted molar refractivity (Wildman–Crippen MR) is 77.2 cm³/mol. The van der Waals surface area contributed by atoms with Crippen molar-refractivity contribution >= 4 is 11.6 Å². The van der Waals surface area contributed by atoms with E-state index in [9.17, 15) is 0 Å². The first kappa shape index (κ1) is 13.1. The van der Waals surface area contributed by atoms with E-state index in [1.165, 1.54) is 30.4 Å². The molecule has 2 saturated carbocycles. The van der Waals surface area contributed by atoms with E-state index in [4.69, 9.17) is 21.1 Å². The first-order valence-electron chi connectivity index (χ1n) is 7.00. The van der Waals surface area contributed by atoms with Crippen LogP contribution in [0.25, 0.3) is 0 Å². The van der Waals surface area contributed by atoms with Crippen molar-refractivity contribution in [3.63, 3.8) is 0 Å². The van der Waals surface area contributed by atoms with Gasteiger partial charge in [-0.3, -0.25) is 0 Å². The number of aryl methyl sites for hydroxylation is 1. The monoisotopic (exact) mass is 280 g/mol. The molecule has 3 unspecified atom stereocenters. The Morgan fingerprint density at radius 3 is 2.21 bits per heavy atom. The minimum absolute atomic E-state index is 0.104. The minimum Gasteiger partial charge on any atom is -0.493 e. The standard InChI is InChI=1S/C16H21ClO2/c1-9-4-14(18-2)15(19-3)8-13(9)16(17)12-6-10-5-11(10)7-12/h4,8,10-12,16H,5-7H2,1-3H3. The minimum atomic E-state index is 0.104. The second-order valence-electron chi connectivity index (χ2n) is 5.95. The average Bonchev–Trinajstić information content (AvgIpc) is 3.04. The number of hydrogen-bond donors (Lipinski definition) is 0. The second-order valence-corrected chi connectivity index (χ2v) is 6.42. The van der Waals surface area contributed by atoms with Crippen molar-refractivity contribution in [3.05, 3.63) is 23.3 Å². The van der Waals surface area contributed by atoms with Gasteiger partial charge in [0, 0.05) is 0 Å². The molecule has 3 atom stereocenters. The average molecular weight is 281 g/mol. The van der Waals surface area contributed by atoms with Gasteiger partial charge in [0.2, 0.25) is 0 Å². The van der Waals surface area contributed by atoms with Crippen molar-refractivity contribution in [2.24, 2.45) is 17.8 Å². The number of hydrogen-bond acceptors (Lipinski definition) is 2. The van der Waals surface area contributed by atoms with Gasteiger partial charge in [-0.2, -0.15) is 0 Å². The van der Waals surface area contributed by atoms with Gasteiger partial charge in [-0.1, -0.05) is 0 Å². The van der Waals surface area contributed by atoms with Gasteiger partial charge in [-0.15, -0.1) is 11.6 Å². The van der Waals surface area contributed by atoms with Gasteiger partial charge in [0.15, 0.2) is 11.5 Å². The molecule has 0 radical (unpaired) electrons. The second kappa shape index (κ2) is 4.90. The molecule has 2 nitrogen and oxygen atoms in total. The maximum atomic E-state index is 6.73. The molecule has 0 N–H and O–H groups in total. The largest absolute Gasteiger partial charge is 0.493 e. The third-order valence-corrected chi connectivity index (χ3v) is 5.35. The summed E-state index contributed by atoms with van der Waals surface area (Å²) in [6.07, 6.45) is 4.03. The van der Waals surface area contributed by atoms with Crippen LogP contribution in [0.2, 0.25) is 0 Å². The molecule has 0 heterocycles. The van der Waals surface area contributed by atoms with Crippen molar-refractivity contribution < 1.29 is 9.47 Å². The Balaban J connectivity index is 1.86. The molecule has 19 heavy (non-hydrogen) atoms. The molecule has 0 aliphatic heterocycles. The molecule has 2 aliphatic rings. The summed E-state index contributed by atoms with van der Waals surface area (Å²) >= 11 is 6.73. The van der Waals surface area contributed by atoms with Crippen LogP contribution in [0.5, 0.6) is 11.5 Å². The SMILES string of the molecule is COc1cc(C)c(C(Cl)C2CC3CC3C2)cc1OC.